The van der Waals surface area contributed by atoms with Gasteiger partial charge in [0.2, 0.25) is 0 Å². The van der Waals surface area contributed by atoms with Crippen molar-refractivity contribution in [3.05, 3.63) is 18.2 Å². The SMILES string of the molecule is COc1ccc2c(c1)SS[N]2.Cl. The van der Waals surface area contributed by atoms with E-state index in [1.165, 1.54) is 15.9 Å². The molecule has 0 saturated carbocycles. The van der Waals surface area contributed by atoms with Gasteiger partial charge in [0.15, 0.2) is 0 Å². The van der Waals surface area contributed by atoms with E-state index in [1.807, 2.05) is 18.2 Å². The van der Waals surface area contributed by atoms with Gasteiger partial charge < -0.3 is 4.74 Å². The lowest BCUT2D eigenvalue weighted by Gasteiger charge is -1.99. The summed E-state index contributed by atoms with van der Waals surface area (Å²) < 4.78 is 9.27. The summed E-state index contributed by atoms with van der Waals surface area (Å²) >= 11 is 0. The second-order valence-electron chi connectivity index (χ2n) is 2.08. The molecule has 0 aliphatic carbocycles. The zero-order valence-electron chi connectivity index (χ0n) is 6.31. The number of nitrogens with zero attached hydrogens (tertiary/aromatic N) is 1. The second kappa shape index (κ2) is 4.16. The molecule has 0 fully saturated rings. The minimum Gasteiger partial charge on any atom is -0.497 e. The van der Waals surface area contributed by atoms with Crippen molar-refractivity contribution >= 4 is 39.9 Å². The van der Waals surface area contributed by atoms with Crippen molar-refractivity contribution in [1.29, 1.82) is 0 Å². The lowest BCUT2D eigenvalue weighted by molar-refractivity contribution is 0.414. The maximum atomic E-state index is 5.08. The maximum absolute atomic E-state index is 5.08. The first-order chi connectivity index (χ1) is 5.40. The van der Waals surface area contributed by atoms with Crippen molar-refractivity contribution in [1.82, 2.24) is 4.72 Å². The van der Waals surface area contributed by atoms with Crippen molar-refractivity contribution in [2.45, 2.75) is 4.90 Å². The monoisotopic (exact) mass is 220 g/mol. The van der Waals surface area contributed by atoms with Crippen molar-refractivity contribution < 1.29 is 4.74 Å². The van der Waals surface area contributed by atoms with Crippen LogP contribution in [0.1, 0.15) is 0 Å². The Bertz CT molecular complexity index is 282. The van der Waals surface area contributed by atoms with Crippen molar-refractivity contribution in [2.24, 2.45) is 0 Å². The van der Waals surface area contributed by atoms with Gasteiger partial charge in [0.25, 0.3) is 0 Å². The van der Waals surface area contributed by atoms with E-state index in [0.717, 1.165) is 11.4 Å². The summed E-state index contributed by atoms with van der Waals surface area (Å²) in [6.07, 6.45) is 0. The average molecular weight is 221 g/mol. The molecule has 2 nitrogen and oxygen atoms in total. The van der Waals surface area contributed by atoms with Crippen molar-refractivity contribution in [3.63, 3.8) is 0 Å². The fourth-order valence-corrected chi connectivity index (χ4v) is 2.63. The van der Waals surface area contributed by atoms with E-state index in [9.17, 15) is 0 Å². The van der Waals surface area contributed by atoms with Gasteiger partial charge in [-0.1, -0.05) is 0 Å². The van der Waals surface area contributed by atoms with Gasteiger partial charge in [-0.15, -0.1) is 12.4 Å². The molecule has 1 aliphatic rings. The fraction of sp³-hybridized carbons (Fsp3) is 0.143. The Kier molecular flexibility index (Phi) is 3.43. The first kappa shape index (κ1) is 9.89. The quantitative estimate of drug-likeness (QED) is 0.537. The molecule has 0 amide bonds. The maximum Gasteiger partial charge on any atom is 0.120 e. The predicted molar refractivity (Wildman–Crippen MR) is 55.5 cm³/mol. The van der Waals surface area contributed by atoms with E-state index in [2.05, 4.69) is 4.72 Å². The van der Waals surface area contributed by atoms with Crippen LogP contribution >= 0.6 is 34.2 Å². The first-order valence-electron chi connectivity index (χ1n) is 3.13. The van der Waals surface area contributed by atoms with E-state index in [0.29, 0.717) is 0 Å². The van der Waals surface area contributed by atoms with Gasteiger partial charge in [-0.25, -0.2) is 4.72 Å². The number of fused-ring (bicyclic) bond motifs is 1. The van der Waals surface area contributed by atoms with Gasteiger partial charge in [-0.2, -0.15) is 0 Å². The average Bonchev–Trinajstić information content (AvgIpc) is 2.50. The highest BCUT2D eigenvalue weighted by atomic mass is 35.5. The molecule has 1 radical (unpaired) electrons. The third-order valence-corrected chi connectivity index (χ3v) is 3.27. The van der Waals surface area contributed by atoms with Crippen LogP contribution in [0.25, 0.3) is 0 Å². The summed E-state index contributed by atoms with van der Waals surface area (Å²) in [7, 11) is 4.85. The highest BCUT2D eigenvalue weighted by molar-refractivity contribution is 8.76. The number of halogens is 1. The number of benzene rings is 1. The fourth-order valence-electron chi connectivity index (χ4n) is 0.863. The number of hydrogen-bond acceptors (Lipinski definition) is 3. The Morgan fingerprint density at radius 2 is 2.25 bits per heavy atom. The molecule has 0 saturated heterocycles. The smallest absolute Gasteiger partial charge is 0.120 e. The number of hydrogen-bond donors (Lipinski definition) is 0. The zero-order chi connectivity index (χ0) is 7.68. The molecule has 12 heavy (non-hydrogen) atoms. The lowest BCUT2D eigenvalue weighted by atomic mass is 10.3. The highest BCUT2D eigenvalue weighted by Gasteiger charge is 2.13. The molecular weight excluding hydrogens is 214 g/mol. The summed E-state index contributed by atoms with van der Waals surface area (Å²) in [6.45, 7) is 0. The number of rotatable bonds is 1. The largest absolute Gasteiger partial charge is 0.497 e. The van der Waals surface area contributed by atoms with Crippen LogP contribution in [0.2, 0.25) is 0 Å². The second-order valence-corrected chi connectivity index (χ2v) is 3.97. The van der Waals surface area contributed by atoms with Crippen LogP contribution in [-0.4, -0.2) is 7.11 Å². The number of ether oxygens (including phenoxy) is 1. The van der Waals surface area contributed by atoms with Gasteiger partial charge in [0, 0.05) is 11.0 Å². The topological polar surface area (TPSA) is 23.3 Å². The van der Waals surface area contributed by atoms with Gasteiger partial charge >= 0.3 is 0 Å². The molecule has 1 aliphatic heterocycles. The van der Waals surface area contributed by atoms with Crippen molar-refractivity contribution in [2.75, 3.05) is 7.11 Å². The standard InChI is InChI=1S/C7H6NOS2.ClH/c1-9-5-2-3-6-7(4-5)10-11-8-6;/h2-4H,1H3;1H. The van der Waals surface area contributed by atoms with Crippen LogP contribution in [0.3, 0.4) is 0 Å². The molecule has 2 rings (SSSR count). The predicted octanol–water partition coefficient (Wildman–Crippen LogP) is 3.02. The van der Waals surface area contributed by atoms with Crippen LogP contribution in [-0.2, 0) is 0 Å². The van der Waals surface area contributed by atoms with E-state index in [1.54, 1.807) is 17.9 Å². The lowest BCUT2D eigenvalue weighted by Crippen LogP contribution is -1.83. The van der Waals surface area contributed by atoms with Crippen LogP contribution in [0.4, 0.5) is 5.69 Å². The Hall–Kier alpha value is -0.190. The number of methoxy groups -OCH3 is 1. The Balaban J connectivity index is 0.000000720. The van der Waals surface area contributed by atoms with Gasteiger partial charge in [-0.05, 0) is 29.0 Å². The molecule has 5 heteroatoms. The molecule has 0 aromatic heterocycles. The molecule has 0 unspecified atom stereocenters. The molecule has 1 heterocycles. The molecule has 0 bridgehead atoms. The van der Waals surface area contributed by atoms with Crippen molar-refractivity contribution in [3.8, 4) is 5.75 Å². The van der Waals surface area contributed by atoms with E-state index in [-0.39, 0.29) is 12.4 Å². The Labute approximate surface area is 85.4 Å². The molecule has 1 aromatic carbocycles. The first-order valence-corrected chi connectivity index (χ1v) is 5.23. The summed E-state index contributed by atoms with van der Waals surface area (Å²) in [5, 5.41) is 0. The van der Waals surface area contributed by atoms with Gasteiger partial charge in [0.05, 0.1) is 17.7 Å². The summed E-state index contributed by atoms with van der Waals surface area (Å²) in [4.78, 5) is 1.19. The minimum atomic E-state index is 0. The summed E-state index contributed by atoms with van der Waals surface area (Å²) in [6, 6.07) is 5.90. The van der Waals surface area contributed by atoms with Crippen LogP contribution in [0.15, 0.2) is 23.1 Å². The minimum absolute atomic E-state index is 0. The summed E-state index contributed by atoms with van der Waals surface area (Å²) in [5.41, 5.74) is 1.06. The molecule has 1 aromatic rings. The van der Waals surface area contributed by atoms with Gasteiger partial charge in [-0.3, -0.25) is 0 Å². The summed E-state index contributed by atoms with van der Waals surface area (Å²) in [5.74, 6) is 0.897. The molecular formula is C7H7ClNOS2. The molecule has 0 N–H and O–H groups in total. The van der Waals surface area contributed by atoms with Crippen LogP contribution in [0.5, 0.6) is 5.75 Å². The Morgan fingerprint density at radius 3 is 3.00 bits per heavy atom. The Morgan fingerprint density at radius 1 is 1.42 bits per heavy atom. The molecule has 65 valence electrons. The van der Waals surface area contributed by atoms with Crippen LogP contribution in [0, 0.1) is 0 Å². The van der Waals surface area contributed by atoms with Crippen LogP contribution < -0.4 is 9.46 Å². The molecule has 0 atom stereocenters. The van der Waals surface area contributed by atoms with E-state index in [4.69, 9.17) is 4.74 Å². The van der Waals surface area contributed by atoms with E-state index < -0.39 is 0 Å². The van der Waals surface area contributed by atoms with Gasteiger partial charge in [0.1, 0.15) is 5.75 Å². The highest BCUT2D eigenvalue weighted by Crippen LogP contribution is 2.45. The zero-order valence-corrected chi connectivity index (χ0v) is 8.76. The molecule has 0 spiro atoms. The van der Waals surface area contributed by atoms with E-state index >= 15 is 0 Å². The normalized spacial score (nSPS) is 12.8. The third-order valence-electron chi connectivity index (χ3n) is 1.43. The third kappa shape index (κ3) is 1.76.